The summed E-state index contributed by atoms with van der Waals surface area (Å²) in [5.74, 6) is -1.13. The number of rotatable bonds is 3. The molecule has 2 rings (SSSR count). The van der Waals surface area contributed by atoms with E-state index in [1.807, 2.05) is 0 Å². The van der Waals surface area contributed by atoms with Crippen LogP contribution in [-0.4, -0.2) is 16.1 Å². The van der Waals surface area contributed by atoms with Gasteiger partial charge in [-0.25, -0.2) is 4.39 Å². The Morgan fingerprint density at radius 1 is 1.41 bits per heavy atom. The Morgan fingerprint density at radius 3 is 2.82 bits per heavy atom. The summed E-state index contributed by atoms with van der Waals surface area (Å²) in [5.41, 5.74) is 5.33. The van der Waals surface area contributed by atoms with Crippen LogP contribution >= 0.6 is 11.3 Å². The Hall–Kier alpha value is -1.86. The number of hydrogen-bond donors (Lipinski definition) is 2. The molecule has 1 amide bonds. The van der Waals surface area contributed by atoms with Gasteiger partial charge in [0.1, 0.15) is 10.8 Å². The van der Waals surface area contributed by atoms with Gasteiger partial charge in [0.05, 0.1) is 5.56 Å². The van der Waals surface area contributed by atoms with Gasteiger partial charge in [-0.1, -0.05) is 23.5 Å². The molecule has 3 N–H and O–H groups in total. The molecule has 17 heavy (non-hydrogen) atoms. The average molecular weight is 252 g/mol. The Morgan fingerprint density at radius 2 is 2.18 bits per heavy atom. The van der Waals surface area contributed by atoms with Gasteiger partial charge in [0.2, 0.25) is 5.13 Å². The molecule has 0 fully saturated rings. The zero-order valence-corrected chi connectivity index (χ0v) is 9.50. The number of hydrogen-bond acceptors (Lipinski definition) is 5. The second-order valence-corrected chi connectivity index (χ2v) is 4.20. The van der Waals surface area contributed by atoms with E-state index >= 15 is 0 Å². The van der Waals surface area contributed by atoms with Crippen molar-refractivity contribution in [1.29, 1.82) is 0 Å². The maximum absolute atomic E-state index is 13.3. The molecule has 0 aliphatic carbocycles. The van der Waals surface area contributed by atoms with Gasteiger partial charge in [0, 0.05) is 6.54 Å². The Bertz CT molecular complexity index is 543. The lowest BCUT2D eigenvalue weighted by atomic mass is 10.2. The fourth-order valence-corrected chi connectivity index (χ4v) is 1.81. The van der Waals surface area contributed by atoms with Gasteiger partial charge in [-0.05, 0) is 12.1 Å². The Labute approximate surface area is 100 Å². The van der Waals surface area contributed by atoms with E-state index < -0.39 is 11.7 Å². The maximum atomic E-state index is 13.3. The third-order valence-corrected chi connectivity index (χ3v) is 2.84. The Balaban J connectivity index is 2.14. The van der Waals surface area contributed by atoms with Crippen LogP contribution in [0.15, 0.2) is 24.3 Å². The van der Waals surface area contributed by atoms with Gasteiger partial charge in [0.15, 0.2) is 0 Å². The smallest absolute Gasteiger partial charge is 0.260 e. The van der Waals surface area contributed by atoms with E-state index in [9.17, 15) is 9.18 Å². The number of carbonyl (C=O) groups is 1. The quantitative estimate of drug-likeness (QED) is 0.865. The number of halogens is 1. The average Bonchev–Trinajstić information content (AvgIpc) is 2.77. The number of aromatic nitrogens is 2. The van der Waals surface area contributed by atoms with Crippen molar-refractivity contribution in [2.75, 3.05) is 5.32 Å². The first-order valence-electron chi connectivity index (χ1n) is 4.79. The van der Waals surface area contributed by atoms with E-state index in [1.165, 1.54) is 18.2 Å². The van der Waals surface area contributed by atoms with Gasteiger partial charge in [-0.3, -0.25) is 10.1 Å². The SMILES string of the molecule is NCc1nnc(NC(=O)c2ccccc2F)s1. The van der Waals surface area contributed by atoms with E-state index in [2.05, 4.69) is 15.5 Å². The summed E-state index contributed by atoms with van der Waals surface area (Å²) in [6.07, 6.45) is 0. The first-order valence-corrected chi connectivity index (χ1v) is 5.60. The number of nitrogens with two attached hydrogens (primary N) is 1. The third-order valence-electron chi connectivity index (χ3n) is 1.98. The molecule has 7 heteroatoms. The molecule has 0 bridgehead atoms. The van der Waals surface area contributed by atoms with Gasteiger partial charge in [0.25, 0.3) is 5.91 Å². The topological polar surface area (TPSA) is 80.9 Å². The number of amides is 1. The molecule has 0 aliphatic heterocycles. The molecule has 0 radical (unpaired) electrons. The van der Waals surface area contributed by atoms with Gasteiger partial charge in [-0.15, -0.1) is 10.2 Å². The lowest BCUT2D eigenvalue weighted by Crippen LogP contribution is -2.13. The highest BCUT2D eigenvalue weighted by Gasteiger charge is 2.13. The molecule has 0 atom stereocenters. The van der Waals surface area contributed by atoms with Crippen molar-refractivity contribution in [1.82, 2.24) is 10.2 Å². The van der Waals surface area contributed by atoms with Crippen LogP contribution in [0.5, 0.6) is 0 Å². The zero-order chi connectivity index (χ0) is 12.3. The van der Waals surface area contributed by atoms with Crippen LogP contribution in [0.1, 0.15) is 15.4 Å². The molecule has 0 aliphatic rings. The first kappa shape index (κ1) is 11.6. The third kappa shape index (κ3) is 2.63. The highest BCUT2D eigenvalue weighted by Crippen LogP contribution is 2.16. The van der Waals surface area contributed by atoms with Gasteiger partial charge >= 0.3 is 0 Å². The number of nitrogens with zero attached hydrogens (tertiary/aromatic N) is 2. The van der Waals surface area contributed by atoms with Crippen LogP contribution < -0.4 is 11.1 Å². The highest BCUT2D eigenvalue weighted by molar-refractivity contribution is 7.15. The van der Waals surface area contributed by atoms with E-state index in [1.54, 1.807) is 6.07 Å². The second kappa shape index (κ2) is 4.98. The minimum atomic E-state index is -0.575. The summed E-state index contributed by atoms with van der Waals surface area (Å²) in [5, 5.41) is 10.8. The fourth-order valence-electron chi connectivity index (χ4n) is 1.20. The predicted octanol–water partition coefficient (Wildman–Crippen LogP) is 1.39. The molecular weight excluding hydrogens is 243 g/mol. The van der Waals surface area contributed by atoms with Gasteiger partial charge in [-0.2, -0.15) is 0 Å². The van der Waals surface area contributed by atoms with Crippen molar-refractivity contribution in [3.05, 3.63) is 40.7 Å². The van der Waals surface area contributed by atoms with Crippen LogP contribution in [0.25, 0.3) is 0 Å². The molecule has 0 spiro atoms. The second-order valence-electron chi connectivity index (χ2n) is 3.14. The van der Waals surface area contributed by atoms with Crippen LogP contribution in [0.3, 0.4) is 0 Å². The largest absolute Gasteiger partial charge is 0.324 e. The van der Waals surface area contributed by atoms with E-state index in [0.717, 1.165) is 11.3 Å². The van der Waals surface area contributed by atoms with Crippen molar-refractivity contribution in [2.45, 2.75) is 6.54 Å². The van der Waals surface area contributed by atoms with Crippen molar-refractivity contribution < 1.29 is 9.18 Å². The summed E-state index contributed by atoms with van der Waals surface area (Å²) in [4.78, 5) is 11.7. The lowest BCUT2D eigenvalue weighted by Gasteiger charge is -2.01. The number of carbonyl (C=O) groups excluding carboxylic acids is 1. The number of nitrogens with one attached hydrogen (secondary N) is 1. The van der Waals surface area contributed by atoms with E-state index in [-0.39, 0.29) is 12.1 Å². The molecule has 2 aromatic rings. The summed E-state index contributed by atoms with van der Waals surface area (Å²) >= 11 is 1.16. The molecule has 88 valence electrons. The van der Waals surface area contributed by atoms with Crippen molar-refractivity contribution in [2.24, 2.45) is 5.73 Å². The molecule has 0 saturated carbocycles. The van der Waals surface area contributed by atoms with E-state index in [4.69, 9.17) is 5.73 Å². The highest BCUT2D eigenvalue weighted by atomic mass is 32.1. The zero-order valence-electron chi connectivity index (χ0n) is 8.68. The standard InChI is InChI=1S/C10H9FN4OS/c11-7-4-2-1-3-6(7)9(16)13-10-15-14-8(5-12)17-10/h1-4H,5,12H2,(H,13,15,16). The van der Waals surface area contributed by atoms with Gasteiger partial charge < -0.3 is 5.73 Å². The first-order chi connectivity index (χ1) is 8.20. The van der Waals surface area contributed by atoms with Crippen molar-refractivity contribution in [3.63, 3.8) is 0 Å². The molecular formula is C10H9FN4OS. The predicted molar refractivity (Wildman–Crippen MR) is 62.2 cm³/mol. The van der Waals surface area contributed by atoms with Crippen LogP contribution in [-0.2, 0) is 6.54 Å². The molecule has 1 heterocycles. The Kier molecular flexibility index (Phi) is 3.40. The summed E-state index contributed by atoms with van der Waals surface area (Å²) in [7, 11) is 0. The molecule has 0 saturated heterocycles. The lowest BCUT2D eigenvalue weighted by molar-refractivity contribution is 0.102. The van der Waals surface area contributed by atoms with E-state index in [0.29, 0.717) is 10.1 Å². The summed E-state index contributed by atoms with van der Waals surface area (Å²) < 4.78 is 13.3. The molecule has 1 aromatic heterocycles. The maximum Gasteiger partial charge on any atom is 0.260 e. The summed E-state index contributed by atoms with van der Waals surface area (Å²) in [6, 6.07) is 5.73. The molecule has 0 unspecified atom stereocenters. The number of benzene rings is 1. The normalized spacial score (nSPS) is 10.2. The van der Waals surface area contributed by atoms with Crippen LogP contribution in [0.2, 0.25) is 0 Å². The van der Waals surface area contributed by atoms with Crippen molar-refractivity contribution >= 4 is 22.4 Å². The minimum Gasteiger partial charge on any atom is -0.324 e. The summed E-state index contributed by atoms with van der Waals surface area (Å²) in [6.45, 7) is 0.257. The van der Waals surface area contributed by atoms with Crippen LogP contribution in [0, 0.1) is 5.82 Å². The molecule has 5 nitrogen and oxygen atoms in total. The molecule has 1 aromatic carbocycles. The van der Waals surface area contributed by atoms with Crippen LogP contribution in [0.4, 0.5) is 9.52 Å². The minimum absolute atomic E-state index is 0.0306. The fraction of sp³-hybridized carbons (Fsp3) is 0.100. The van der Waals surface area contributed by atoms with Crippen molar-refractivity contribution in [3.8, 4) is 0 Å². The monoisotopic (exact) mass is 252 g/mol. The number of anilines is 1.